The van der Waals surface area contributed by atoms with Crippen molar-refractivity contribution in [2.45, 2.75) is 13.8 Å². The molecule has 0 amide bonds. The van der Waals surface area contributed by atoms with E-state index in [0.29, 0.717) is 5.56 Å². The lowest BCUT2D eigenvalue weighted by Gasteiger charge is -2.13. The van der Waals surface area contributed by atoms with Crippen LogP contribution in [0.4, 0.5) is 0 Å². The highest BCUT2D eigenvalue weighted by Crippen LogP contribution is 2.34. The molecule has 0 aliphatic rings. The van der Waals surface area contributed by atoms with E-state index in [4.69, 9.17) is 4.11 Å². The van der Waals surface area contributed by atoms with Gasteiger partial charge in [0.25, 0.3) is 0 Å². The predicted octanol–water partition coefficient (Wildman–Crippen LogP) is 4.46. The molecule has 1 nitrogen and oxygen atoms in total. The molecule has 0 N–H and O–H groups in total. The fraction of sp³-hybridized carbons (Fsp3) is 0.150. The van der Waals surface area contributed by atoms with E-state index in [0.717, 1.165) is 27.9 Å². The van der Waals surface area contributed by atoms with Gasteiger partial charge in [-0.05, 0) is 42.1 Å². The summed E-state index contributed by atoms with van der Waals surface area (Å²) in [5.74, 6) is 0. The second kappa shape index (κ2) is 5.53. The lowest BCUT2D eigenvalue weighted by molar-refractivity contribution is -0.660. The summed E-state index contributed by atoms with van der Waals surface area (Å²) in [5.41, 5.74) is 5.34. The average Bonchev–Trinajstić information content (AvgIpc) is 2.55. The van der Waals surface area contributed by atoms with Gasteiger partial charge in [0.15, 0.2) is 6.20 Å². The molecule has 0 aliphatic heterocycles. The van der Waals surface area contributed by atoms with Crippen LogP contribution in [0.15, 0.2) is 66.9 Å². The Kier molecular flexibility index (Phi) is 2.72. The number of hydrogen-bond donors (Lipinski definition) is 0. The van der Waals surface area contributed by atoms with Crippen LogP contribution < -0.4 is 4.57 Å². The van der Waals surface area contributed by atoms with Gasteiger partial charge in [-0.25, -0.2) is 4.57 Å². The number of aromatic nitrogens is 1. The van der Waals surface area contributed by atoms with Crippen LogP contribution in [0.2, 0.25) is 0 Å². The zero-order valence-electron chi connectivity index (χ0n) is 15.3. The molecule has 0 saturated carbocycles. The van der Waals surface area contributed by atoms with Gasteiger partial charge in [0.1, 0.15) is 7.05 Å². The number of nitrogens with zero attached hydrogens (tertiary/aromatic N) is 1. The zero-order valence-corrected chi connectivity index (χ0v) is 12.3. The molecule has 104 valence electrons. The Morgan fingerprint density at radius 3 is 2.33 bits per heavy atom. The van der Waals surface area contributed by atoms with E-state index >= 15 is 0 Å². The van der Waals surface area contributed by atoms with Crippen molar-refractivity contribution in [2.24, 2.45) is 7.05 Å². The molecule has 1 heteroatoms. The normalized spacial score (nSPS) is 13.3. The highest BCUT2D eigenvalue weighted by Gasteiger charge is 2.17. The molecule has 0 unspecified atom stereocenters. The Balaban J connectivity index is 2.33. The van der Waals surface area contributed by atoms with Gasteiger partial charge in [0.05, 0.1) is 5.56 Å². The van der Waals surface area contributed by atoms with Gasteiger partial charge in [-0.3, -0.25) is 0 Å². The van der Waals surface area contributed by atoms with Gasteiger partial charge in [0, 0.05) is 16.2 Å². The molecular formula is C20H20N+. The van der Waals surface area contributed by atoms with Crippen molar-refractivity contribution >= 4 is 0 Å². The van der Waals surface area contributed by atoms with E-state index < -0.39 is 6.85 Å². The molecule has 0 spiro atoms. The van der Waals surface area contributed by atoms with Gasteiger partial charge in [-0.2, -0.15) is 0 Å². The molecule has 2 aromatic carbocycles. The maximum atomic E-state index is 7.86. The summed E-state index contributed by atoms with van der Waals surface area (Å²) >= 11 is 0. The Labute approximate surface area is 130 Å². The van der Waals surface area contributed by atoms with E-state index in [2.05, 4.69) is 23.6 Å². The minimum Gasteiger partial charge on any atom is -0.201 e. The number of pyridine rings is 1. The minimum atomic E-state index is -2.14. The average molecular weight is 277 g/mol. The van der Waals surface area contributed by atoms with E-state index in [1.807, 2.05) is 49.6 Å². The molecule has 21 heavy (non-hydrogen) atoms. The lowest BCUT2D eigenvalue weighted by atomic mass is 9.91. The minimum absolute atomic E-state index is 0.385. The van der Waals surface area contributed by atoms with Gasteiger partial charge in [-0.15, -0.1) is 0 Å². The van der Waals surface area contributed by atoms with Crippen molar-refractivity contribution in [3.8, 4) is 22.4 Å². The molecule has 0 bridgehead atoms. The van der Waals surface area contributed by atoms with Crippen molar-refractivity contribution in [3.63, 3.8) is 0 Å². The highest BCUT2D eigenvalue weighted by atomic mass is 14.9. The first-order chi connectivity index (χ1) is 11.4. The molecule has 1 aromatic heterocycles. The fourth-order valence-electron chi connectivity index (χ4n) is 2.73. The molecule has 0 fully saturated rings. The zero-order chi connectivity index (χ0) is 17.3. The van der Waals surface area contributed by atoms with Crippen LogP contribution in [-0.4, -0.2) is 0 Å². The van der Waals surface area contributed by atoms with Crippen molar-refractivity contribution in [3.05, 3.63) is 78.0 Å². The first-order valence-corrected chi connectivity index (χ1v) is 7.04. The van der Waals surface area contributed by atoms with Crippen LogP contribution in [0.5, 0.6) is 0 Å². The second-order valence-corrected chi connectivity index (χ2v) is 5.24. The van der Waals surface area contributed by atoms with Crippen LogP contribution in [0.25, 0.3) is 22.4 Å². The molecule has 1 heterocycles. The molecule has 0 atom stereocenters. The summed E-state index contributed by atoms with van der Waals surface area (Å²) < 4.78 is 25.6. The van der Waals surface area contributed by atoms with Gasteiger partial charge >= 0.3 is 0 Å². The predicted molar refractivity (Wildman–Crippen MR) is 88.0 cm³/mol. The lowest BCUT2D eigenvalue weighted by Crippen LogP contribution is -2.30. The van der Waals surface area contributed by atoms with Crippen LogP contribution in [-0.2, 0) is 7.05 Å². The monoisotopic (exact) mass is 277 g/mol. The molecule has 0 radical (unpaired) electrons. The quantitative estimate of drug-likeness (QED) is 0.609. The van der Waals surface area contributed by atoms with E-state index in [-0.39, 0.29) is 0 Å². The Bertz CT molecular complexity index is 882. The van der Waals surface area contributed by atoms with Crippen molar-refractivity contribution in [2.75, 3.05) is 0 Å². The standard InChI is InChI=1S/C20H20N/c1-15-9-4-5-11-17(15)18-12-8-10-16(2)20(18)19-13-6-7-14-21(19)3/h4-14H,1-3H3/q+1/i1D3. The maximum absolute atomic E-state index is 7.86. The molecule has 3 aromatic rings. The van der Waals surface area contributed by atoms with Gasteiger partial charge < -0.3 is 0 Å². The SMILES string of the molecule is [2H]C([2H])([2H])c1ccccc1-c1cccc(C)c1-c1cccc[n+]1C. The maximum Gasteiger partial charge on any atom is 0.213 e. The van der Waals surface area contributed by atoms with Gasteiger partial charge in [-0.1, -0.05) is 42.5 Å². The van der Waals surface area contributed by atoms with Crippen LogP contribution in [0.3, 0.4) is 0 Å². The summed E-state index contributed by atoms with van der Waals surface area (Å²) in [6.45, 7) is -0.0831. The van der Waals surface area contributed by atoms with E-state index in [9.17, 15) is 0 Å². The number of hydrogen-bond acceptors (Lipinski definition) is 0. The highest BCUT2D eigenvalue weighted by molar-refractivity contribution is 5.84. The summed E-state index contributed by atoms with van der Waals surface area (Å²) in [6, 6.07) is 19.3. The number of rotatable bonds is 2. The second-order valence-electron chi connectivity index (χ2n) is 5.24. The van der Waals surface area contributed by atoms with E-state index in [1.165, 1.54) is 0 Å². The summed E-state index contributed by atoms with van der Waals surface area (Å²) in [4.78, 5) is 0. The molecule has 0 saturated heterocycles. The van der Waals surface area contributed by atoms with Gasteiger partial charge in [0.2, 0.25) is 5.69 Å². The first-order valence-electron chi connectivity index (χ1n) is 8.54. The largest absolute Gasteiger partial charge is 0.213 e. The van der Waals surface area contributed by atoms with Crippen LogP contribution in [0, 0.1) is 13.8 Å². The number of benzene rings is 2. The van der Waals surface area contributed by atoms with Crippen LogP contribution in [0.1, 0.15) is 15.2 Å². The third kappa shape index (κ3) is 2.47. The summed E-state index contributed by atoms with van der Waals surface area (Å²) in [7, 11) is 2.00. The van der Waals surface area contributed by atoms with Crippen molar-refractivity contribution in [1.82, 2.24) is 0 Å². The Morgan fingerprint density at radius 1 is 0.810 bits per heavy atom. The molecule has 3 rings (SSSR count). The first kappa shape index (κ1) is 10.3. The number of aryl methyl sites for hydroxylation is 3. The Morgan fingerprint density at radius 2 is 1.52 bits per heavy atom. The molecular weight excluding hydrogens is 254 g/mol. The fourth-order valence-corrected chi connectivity index (χ4v) is 2.73. The van der Waals surface area contributed by atoms with Crippen molar-refractivity contribution < 1.29 is 8.68 Å². The Hall–Kier alpha value is -2.41. The topological polar surface area (TPSA) is 3.88 Å². The third-order valence-electron chi connectivity index (χ3n) is 3.80. The van der Waals surface area contributed by atoms with E-state index in [1.54, 1.807) is 12.1 Å². The summed E-state index contributed by atoms with van der Waals surface area (Å²) in [5, 5.41) is 0. The van der Waals surface area contributed by atoms with Crippen molar-refractivity contribution in [1.29, 1.82) is 0 Å². The summed E-state index contributed by atoms with van der Waals surface area (Å²) in [6.07, 6.45) is 2.00. The van der Waals surface area contributed by atoms with Crippen LogP contribution >= 0.6 is 0 Å². The molecule has 0 aliphatic carbocycles. The smallest absolute Gasteiger partial charge is 0.201 e. The third-order valence-corrected chi connectivity index (χ3v) is 3.80.